The number of rotatable bonds is 3. The van der Waals surface area contributed by atoms with Crippen LogP contribution in [0, 0.1) is 0 Å². The monoisotopic (exact) mass is 192 g/mol. The number of aliphatic carboxylic acids is 2. The fourth-order valence-electron chi connectivity index (χ4n) is 0.794. The fourth-order valence-corrected chi connectivity index (χ4v) is 1.60. The molecule has 1 aromatic heterocycles. The molecule has 1 N–H and O–H groups in total. The van der Waals surface area contributed by atoms with Crippen molar-refractivity contribution < 1.29 is 38.7 Å². The van der Waals surface area contributed by atoms with Crippen LogP contribution in [-0.4, -0.2) is 17.0 Å². The molecule has 13 heavy (non-hydrogen) atoms. The van der Waals surface area contributed by atoms with Crippen LogP contribution in [0.15, 0.2) is 17.5 Å². The van der Waals surface area contributed by atoms with Crippen LogP contribution in [0.1, 0.15) is 10.8 Å². The average Bonchev–Trinajstić information content (AvgIpc) is 2.37. The van der Waals surface area contributed by atoms with E-state index in [2.05, 4.69) is 0 Å². The third kappa shape index (κ3) is 2.88. The molecule has 0 aromatic carbocycles. The fraction of sp³-hybridized carbons (Fsp3) is 0.143. The molecule has 6 heteroatoms. The Morgan fingerprint density at radius 3 is 2.46 bits per heavy atom. The second-order valence-electron chi connectivity index (χ2n) is 2.11. The Labute approximate surface area is 90.4 Å². The summed E-state index contributed by atoms with van der Waals surface area (Å²) < 4.78 is 0. The maximum atomic E-state index is 10.4. The Hall–Kier alpha value is -0.763. The molecule has 1 aromatic rings. The van der Waals surface area contributed by atoms with E-state index in [0.717, 1.165) is 11.3 Å². The second-order valence-corrected chi connectivity index (χ2v) is 3.08. The van der Waals surface area contributed by atoms with Gasteiger partial charge in [-0.15, -0.1) is 11.3 Å². The first-order valence-corrected chi connectivity index (χ1v) is 3.98. The first-order chi connectivity index (χ1) is 5.63. The number of carbonyl (C=O) groups excluding carboxylic acids is 1. The van der Waals surface area contributed by atoms with E-state index in [-0.39, 0.29) is 23.7 Å². The summed E-state index contributed by atoms with van der Waals surface area (Å²) in [5, 5.41) is 20.5. The Kier molecular flexibility index (Phi) is 4.77. The minimum Gasteiger partial charge on any atom is -0.549 e. The maximum absolute atomic E-state index is 10.4. The molecule has 1 rings (SSSR count). The van der Waals surface area contributed by atoms with Gasteiger partial charge in [-0.1, -0.05) is 6.07 Å². The van der Waals surface area contributed by atoms with Crippen molar-refractivity contribution in [2.45, 2.75) is 5.92 Å². The van der Waals surface area contributed by atoms with Gasteiger partial charge >= 0.3 is 24.8 Å². The van der Waals surface area contributed by atoms with Gasteiger partial charge in [0.05, 0.1) is 5.97 Å². The van der Waals surface area contributed by atoms with Crippen molar-refractivity contribution in [3.05, 3.63) is 22.4 Å². The number of carbonyl (C=O) groups is 2. The van der Waals surface area contributed by atoms with E-state index in [0.29, 0.717) is 0 Å². The molecule has 0 aliphatic rings. The number of carboxylic acids is 2. The summed E-state index contributed by atoms with van der Waals surface area (Å²) in [6.07, 6.45) is 0. The summed E-state index contributed by atoms with van der Waals surface area (Å²) in [7, 11) is 0. The van der Waals surface area contributed by atoms with Gasteiger partial charge in [-0.25, -0.2) is 0 Å². The molecule has 0 fully saturated rings. The Bertz CT molecular complexity index is 281. The zero-order chi connectivity index (χ0) is 9.14. The molecule has 64 valence electrons. The standard InChI is InChI=1S/C7H6O4S.Li/c8-6(9)5(7(10)11)4-2-1-3-12-4;/h1-3,5H,(H,8,9)(H,10,11);/q;+1/p-1. The molecule has 1 atom stereocenters. The van der Waals surface area contributed by atoms with Crippen molar-refractivity contribution in [2.75, 3.05) is 0 Å². The maximum Gasteiger partial charge on any atom is 1.00 e. The molecule has 0 bridgehead atoms. The molecule has 0 aliphatic heterocycles. The van der Waals surface area contributed by atoms with Gasteiger partial charge in [0.15, 0.2) is 0 Å². The largest absolute Gasteiger partial charge is 1.00 e. The summed E-state index contributed by atoms with van der Waals surface area (Å²) in [4.78, 5) is 21.1. The third-order valence-electron chi connectivity index (χ3n) is 1.31. The van der Waals surface area contributed by atoms with Gasteiger partial charge in [0, 0.05) is 4.88 Å². The summed E-state index contributed by atoms with van der Waals surface area (Å²) >= 11 is 1.09. The summed E-state index contributed by atoms with van der Waals surface area (Å²) in [5.74, 6) is -4.51. The minimum absolute atomic E-state index is 0. The van der Waals surface area contributed by atoms with E-state index in [1.807, 2.05) is 0 Å². The van der Waals surface area contributed by atoms with Crippen molar-refractivity contribution in [2.24, 2.45) is 0 Å². The van der Waals surface area contributed by atoms with Crippen LogP contribution in [0.25, 0.3) is 0 Å². The summed E-state index contributed by atoms with van der Waals surface area (Å²) in [6.45, 7) is 0. The molecule has 1 unspecified atom stereocenters. The van der Waals surface area contributed by atoms with Crippen molar-refractivity contribution in [1.29, 1.82) is 0 Å². The van der Waals surface area contributed by atoms with Crippen LogP contribution in [0.4, 0.5) is 0 Å². The minimum atomic E-state index is -1.58. The van der Waals surface area contributed by atoms with Gasteiger partial charge in [0.2, 0.25) is 0 Å². The quantitative estimate of drug-likeness (QED) is 0.401. The van der Waals surface area contributed by atoms with E-state index in [1.54, 1.807) is 11.4 Å². The van der Waals surface area contributed by atoms with Crippen LogP contribution < -0.4 is 24.0 Å². The molecule has 1 heterocycles. The molecule has 0 radical (unpaired) electrons. The average molecular weight is 192 g/mol. The Morgan fingerprint density at radius 1 is 1.54 bits per heavy atom. The molecule has 4 nitrogen and oxygen atoms in total. The van der Waals surface area contributed by atoms with E-state index >= 15 is 0 Å². The van der Waals surface area contributed by atoms with Gasteiger partial charge in [-0.3, -0.25) is 4.79 Å². The van der Waals surface area contributed by atoms with Crippen LogP contribution >= 0.6 is 11.3 Å². The van der Waals surface area contributed by atoms with Crippen LogP contribution in [0.2, 0.25) is 0 Å². The van der Waals surface area contributed by atoms with Gasteiger partial charge in [0.1, 0.15) is 5.92 Å². The SMILES string of the molecule is O=C([O-])C(C(=O)O)c1cccs1.[Li+]. The van der Waals surface area contributed by atoms with E-state index < -0.39 is 17.9 Å². The van der Waals surface area contributed by atoms with Crippen molar-refractivity contribution in [1.82, 2.24) is 0 Å². The Balaban J connectivity index is 0.00000144. The number of hydrogen-bond donors (Lipinski definition) is 1. The third-order valence-corrected chi connectivity index (χ3v) is 2.25. The molecule has 0 saturated carbocycles. The number of carboxylic acid groups (broad SMARTS) is 2. The Morgan fingerprint density at radius 2 is 2.15 bits per heavy atom. The number of hydrogen-bond acceptors (Lipinski definition) is 4. The summed E-state index contributed by atoms with van der Waals surface area (Å²) in [6, 6.07) is 3.05. The van der Waals surface area contributed by atoms with Crippen molar-refractivity contribution >= 4 is 23.3 Å². The topological polar surface area (TPSA) is 77.4 Å². The van der Waals surface area contributed by atoms with Crippen LogP contribution in [0.5, 0.6) is 0 Å². The van der Waals surface area contributed by atoms with Gasteiger partial charge in [0.25, 0.3) is 0 Å². The zero-order valence-electron chi connectivity index (χ0n) is 6.89. The zero-order valence-corrected chi connectivity index (χ0v) is 7.71. The first-order valence-electron chi connectivity index (χ1n) is 3.10. The molecular weight excluding hydrogens is 187 g/mol. The smallest absolute Gasteiger partial charge is 0.549 e. The van der Waals surface area contributed by atoms with E-state index in [1.165, 1.54) is 6.07 Å². The second kappa shape index (κ2) is 5.07. The molecule has 0 spiro atoms. The summed E-state index contributed by atoms with van der Waals surface area (Å²) in [5.41, 5.74) is 0. The van der Waals surface area contributed by atoms with E-state index in [9.17, 15) is 14.7 Å². The molecular formula is C7H5LiO4S. The van der Waals surface area contributed by atoms with Crippen molar-refractivity contribution in [3.63, 3.8) is 0 Å². The van der Waals surface area contributed by atoms with Crippen LogP contribution in [0.3, 0.4) is 0 Å². The molecule has 0 aliphatic carbocycles. The van der Waals surface area contributed by atoms with Crippen LogP contribution in [-0.2, 0) is 9.59 Å². The molecule has 0 amide bonds. The molecule has 0 saturated heterocycles. The normalized spacial score (nSPS) is 11.4. The number of thiophene rings is 1. The predicted molar refractivity (Wildman–Crippen MR) is 39.7 cm³/mol. The predicted octanol–water partition coefficient (Wildman–Crippen LogP) is -3.33. The van der Waals surface area contributed by atoms with Crippen molar-refractivity contribution in [3.8, 4) is 0 Å². The van der Waals surface area contributed by atoms with Gasteiger partial charge < -0.3 is 15.0 Å². The van der Waals surface area contributed by atoms with Gasteiger partial charge in [-0.05, 0) is 11.4 Å². The first kappa shape index (κ1) is 12.2. The van der Waals surface area contributed by atoms with E-state index in [4.69, 9.17) is 5.11 Å². The van der Waals surface area contributed by atoms with Gasteiger partial charge in [-0.2, -0.15) is 0 Å².